The van der Waals surface area contributed by atoms with Crippen LogP contribution in [0.25, 0.3) is 0 Å². The molecule has 0 saturated carbocycles. The lowest BCUT2D eigenvalue weighted by atomic mass is 9.98. The zero-order valence-corrected chi connectivity index (χ0v) is 11.3. The topological polar surface area (TPSA) is 47.7 Å². The third kappa shape index (κ3) is 2.42. The summed E-state index contributed by atoms with van der Waals surface area (Å²) in [5.41, 5.74) is 8.06. The maximum absolute atomic E-state index is 5.60. The van der Waals surface area contributed by atoms with E-state index in [1.54, 1.807) is 14.2 Å². The van der Waals surface area contributed by atoms with Crippen molar-refractivity contribution in [2.24, 2.45) is 5.73 Å². The Morgan fingerprint density at radius 1 is 1.22 bits per heavy atom. The Morgan fingerprint density at radius 2 is 1.78 bits per heavy atom. The molecule has 0 bridgehead atoms. The van der Waals surface area contributed by atoms with E-state index in [1.165, 1.54) is 5.56 Å². The summed E-state index contributed by atoms with van der Waals surface area (Å²) in [6.45, 7) is 4.40. The molecule has 18 heavy (non-hydrogen) atoms. The summed E-state index contributed by atoms with van der Waals surface area (Å²) in [7, 11) is 3.39. The van der Waals surface area contributed by atoms with Crippen molar-refractivity contribution in [3.8, 4) is 0 Å². The summed E-state index contributed by atoms with van der Waals surface area (Å²) in [4.78, 5) is 2.34. The van der Waals surface area contributed by atoms with Crippen LogP contribution in [0.5, 0.6) is 0 Å². The summed E-state index contributed by atoms with van der Waals surface area (Å²) >= 11 is 0. The molecule has 0 radical (unpaired) electrons. The van der Waals surface area contributed by atoms with Gasteiger partial charge in [0.2, 0.25) is 0 Å². The SMILES string of the molecule is COC1(OC)CN(C(C)c2ccc(CN)cc2)C1. The van der Waals surface area contributed by atoms with Crippen molar-refractivity contribution in [2.45, 2.75) is 25.3 Å². The second-order valence-corrected chi connectivity index (χ2v) is 4.85. The van der Waals surface area contributed by atoms with Crippen LogP contribution < -0.4 is 5.73 Å². The lowest BCUT2D eigenvalue weighted by molar-refractivity contribution is -0.282. The van der Waals surface area contributed by atoms with Crippen molar-refractivity contribution in [2.75, 3.05) is 27.3 Å². The molecule has 1 aromatic rings. The second kappa shape index (κ2) is 5.36. The quantitative estimate of drug-likeness (QED) is 0.805. The molecular weight excluding hydrogens is 228 g/mol. The van der Waals surface area contributed by atoms with Crippen molar-refractivity contribution in [1.29, 1.82) is 0 Å². The van der Waals surface area contributed by atoms with E-state index in [1.807, 2.05) is 0 Å². The first kappa shape index (κ1) is 13.5. The fourth-order valence-corrected chi connectivity index (χ4v) is 2.33. The lowest BCUT2D eigenvalue weighted by Crippen LogP contribution is -2.64. The van der Waals surface area contributed by atoms with Crippen LogP contribution in [-0.2, 0) is 16.0 Å². The Hall–Kier alpha value is -0.940. The number of likely N-dealkylation sites (tertiary alicyclic amines) is 1. The molecule has 1 unspecified atom stereocenters. The first-order valence-electron chi connectivity index (χ1n) is 6.27. The molecule has 0 aromatic heterocycles. The third-order valence-electron chi connectivity index (χ3n) is 3.88. The van der Waals surface area contributed by atoms with Crippen LogP contribution in [0.3, 0.4) is 0 Å². The summed E-state index contributed by atoms with van der Waals surface area (Å²) in [6.07, 6.45) is 0. The van der Waals surface area contributed by atoms with E-state index in [-0.39, 0.29) is 0 Å². The predicted octanol–water partition coefficient (Wildman–Crippen LogP) is 1.51. The molecule has 1 aliphatic heterocycles. The summed E-state index contributed by atoms with van der Waals surface area (Å²) in [5, 5.41) is 0. The summed E-state index contributed by atoms with van der Waals surface area (Å²) in [6, 6.07) is 8.84. The van der Waals surface area contributed by atoms with Crippen molar-refractivity contribution >= 4 is 0 Å². The molecule has 1 heterocycles. The van der Waals surface area contributed by atoms with E-state index in [4.69, 9.17) is 15.2 Å². The van der Waals surface area contributed by atoms with Gasteiger partial charge >= 0.3 is 0 Å². The fraction of sp³-hybridized carbons (Fsp3) is 0.571. The maximum Gasteiger partial charge on any atom is 0.193 e. The second-order valence-electron chi connectivity index (χ2n) is 4.85. The standard InChI is InChI=1S/C14H22N2O2/c1-11(13-6-4-12(8-15)5-7-13)16-9-14(10-16,17-2)18-3/h4-7,11H,8-10,15H2,1-3H3. The van der Waals surface area contributed by atoms with Gasteiger partial charge in [0.25, 0.3) is 0 Å². The molecule has 4 nitrogen and oxygen atoms in total. The number of nitrogens with two attached hydrogens (primary N) is 1. The van der Waals surface area contributed by atoms with Crippen LogP contribution in [0, 0.1) is 0 Å². The molecule has 2 rings (SSSR count). The highest BCUT2D eigenvalue weighted by Crippen LogP contribution is 2.33. The molecule has 1 fully saturated rings. The van der Waals surface area contributed by atoms with Gasteiger partial charge in [-0.05, 0) is 18.1 Å². The minimum Gasteiger partial charge on any atom is -0.351 e. The van der Waals surface area contributed by atoms with Gasteiger partial charge in [-0.1, -0.05) is 24.3 Å². The molecule has 0 spiro atoms. The minimum absolute atomic E-state index is 0.371. The molecule has 0 amide bonds. The van der Waals surface area contributed by atoms with Crippen molar-refractivity contribution in [1.82, 2.24) is 4.90 Å². The molecule has 100 valence electrons. The van der Waals surface area contributed by atoms with Gasteiger partial charge in [-0.2, -0.15) is 0 Å². The van der Waals surface area contributed by atoms with E-state index in [2.05, 4.69) is 36.1 Å². The van der Waals surface area contributed by atoms with Gasteiger partial charge in [-0.25, -0.2) is 0 Å². The van der Waals surface area contributed by atoms with Crippen LogP contribution in [0.2, 0.25) is 0 Å². The van der Waals surface area contributed by atoms with Crippen molar-refractivity contribution in [3.05, 3.63) is 35.4 Å². The van der Waals surface area contributed by atoms with Gasteiger partial charge in [0, 0.05) is 26.8 Å². The largest absolute Gasteiger partial charge is 0.351 e. The van der Waals surface area contributed by atoms with Gasteiger partial charge in [0.15, 0.2) is 5.79 Å². The van der Waals surface area contributed by atoms with Gasteiger partial charge in [0.1, 0.15) is 0 Å². The van der Waals surface area contributed by atoms with E-state index in [0.717, 1.165) is 18.7 Å². The number of rotatable bonds is 5. The smallest absolute Gasteiger partial charge is 0.193 e. The normalized spacial score (nSPS) is 20.4. The fourth-order valence-electron chi connectivity index (χ4n) is 2.33. The van der Waals surface area contributed by atoms with Crippen molar-refractivity contribution in [3.63, 3.8) is 0 Å². The number of nitrogens with zero attached hydrogens (tertiary/aromatic N) is 1. The van der Waals surface area contributed by atoms with Crippen LogP contribution in [0.4, 0.5) is 0 Å². The Balaban J connectivity index is 1.98. The molecule has 2 N–H and O–H groups in total. The highest BCUT2D eigenvalue weighted by molar-refractivity contribution is 5.25. The lowest BCUT2D eigenvalue weighted by Gasteiger charge is -2.50. The van der Waals surface area contributed by atoms with E-state index < -0.39 is 5.79 Å². The monoisotopic (exact) mass is 250 g/mol. The molecule has 0 aliphatic carbocycles. The Morgan fingerprint density at radius 3 is 2.22 bits per heavy atom. The number of hydrogen-bond acceptors (Lipinski definition) is 4. The van der Waals surface area contributed by atoms with Gasteiger partial charge in [-0.3, -0.25) is 4.90 Å². The summed E-state index contributed by atoms with van der Waals surface area (Å²) < 4.78 is 10.8. The van der Waals surface area contributed by atoms with Crippen LogP contribution in [-0.4, -0.2) is 38.0 Å². The molecule has 1 atom stereocenters. The first-order chi connectivity index (χ1) is 8.64. The average molecular weight is 250 g/mol. The zero-order chi connectivity index (χ0) is 13.2. The van der Waals surface area contributed by atoms with Crippen LogP contribution in [0.1, 0.15) is 24.1 Å². The van der Waals surface area contributed by atoms with Gasteiger partial charge in [0.05, 0.1) is 13.1 Å². The minimum atomic E-state index is -0.411. The average Bonchev–Trinajstić information content (AvgIpc) is 2.38. The number of benzene rings is 1. The van der Waals surface area contributed by atoms with Crippen molar-refractivity contribution < 1.29 is 9.47 Å². The molecule has 1 saturated heterocycles. The number of methoxy groups -OCH3 is 2. The van der Waals surface area contributed by atoms with Gasteiger partial charge in [-0.15, -0.1) is 0 Å². The maximum atomic E-state index is 5.60. The predicted molar refractivity (Wildman–Crippen MR) is 71.1 cm³/mol. The highest BCUT2D eigenvalue weighted by atomic mass is 16.7. The molecule has 1 aromatic carbocycles. The highest BCUT2D eigenvalue weighted by Gasteiger charge is 2.45. The molecular formula is C14H22N2O2. The first-order valence-corrected chi connectivity index (χ1v) is 6.27. The molecule has 1 aliphatic rings. The van der Waals surface area contributed by atoms with E-state index >= 15 is 0 Å². The van der Waals surface area contributed by atoms with E-state index in [0.29, 0.717) is 12.6 Å². The zero-order valence-electron chi connectivity index (χ0n) is 11.3. The van der Waals surface area contributed by atoms with Crippen LogP contribution in [0.15, 0.2) is 24.3 Å². The number of hydrogen-bond donors (Lipinski definition) is 1. The molecule has 4 heteroatoms. The number of ether oxygens (including phenoxy) is 2. The van der Waals surface area contributed by atoms with Crippen LogP contribution >= 0.6 is 0 Å². The van der Waals surface area contributed by atoms with Gasteiger partial charge < -0.3 is 15.2 Å². The Kier molecular flexibility index (Phi) is 4.02. The Labute approximate surface area is 109 Å². The van der Waals surface area contributed by atoms with E-state index in [9.17, 15) is 0 Å². The Bertz CT molecular complexity index is 379. The summed E-state index contributed by atoms with van der Waals surface area (Å²) in [5.74, 6) is -0.411. The third-order valence-corrected chi connectivity index (χ3v) is 3.88.